The highest BCUT2D eigenvalue weighted by atomic mass is 32.2. The van der Waals surface area contributed by atoms with Gasteiger partial charge in [0.1, 0.15) is 0 Å². The molecule has 92 valence electrons. The van der Waals surface area contributed by atoms with Crippen LogP contribution in [0, 0.1) is 6.92 Å². The predicted molar refractivity (Wildman–Crippen MR) is 63.5 cm³/mol. The first-order chi connectivity index (χ1) is 7.87. The molecule has 1 aromatic rings. The third-order valence-corrected chi connectivity index (χ3v) is 3.42. The van der Waals surface area contributed by atoms with Crippen LogP contribution in [0.1, 0.15) is 33.5 Å². The number of ketones is 1. The highest BCUT2D eigenvalue weighted by Crippen LogP contribution is 2.26. The van der Waals surface area contributed by atoms with Gasteiger partial charge in [-0.3, -0.25) is 8.98 Å². The minimum absolute atomic E-state index is 0.0137. The van der Waals surface area contributed by atoms with Gasteiger partial charge in [0.05, 0.1) is 12.9 Å². The molecule has 2 rings (SSSR count). The first-order valence-corrected chi connectivity index (χ1v) is 7.18. The van der Waals surface area contributed by atoms with E-state index >= 15 is 0 Å². The molecule has 0 fully saturated rings. The number of hydrogen-bond donors (Lipinski definition) is 0. The van der Waals surface area contributed by atoms with Gasteiger partial charge in [0.2, 0.25) is 0 Å². The molecule has 0 amide bonds. The van der Waals surface area contributed by atoms with E-state index in [0.29, 0.717) is 6.42 Å². The van der Waals surface area contributed by atoms with E-state index in [4.69, 9.17) is 4.18 Å². The maximum Gasteiger partial charge on any atom is 0.264 e. The van der Waals surface area contributed by atoms with E-state index < -0.39 is 10.1 Å². The zero-order chi connectivity index (χ0) is 12.6. The second-order valence-corrected chi connectivity index (χ2v) is 5.97. The summed E-state index contributed by atoms with van der Waals surface area (Å²) in [6.45, 7) is 1.92. The van der Waals surface area contributed by atoms with Crippen molar-refractivity contribution in [3.05, 3.63) is 34.4 Å². The fraction of sp³-hybridized carbons (Fsp3) is 0.417. The van der Waals surface area contributed by atoms with Gasteiger partial charge >= 0.3 is 0 Å². The summed E-state index contributed by atoms with van der Waals surface area (Å²) >= 11 is 0. The molecule has 0 bridgehead atoms. The van der Waals surface area contributed by atoms with Crippen LogP contribution >= 0.6 is 0 Å². The number of hydrogen-bond acceptors (Lipinski definition) is 4. The standard InChI is InChI=1S/C12H14O4S/c1-8-5-9(7-16-17(2,14)15)6-11-10(8)3-4-12(11)13/h5-6H,3-4,7H2,1-2H3. The average Bonchev–Trinajstić information content (AvgIpc) is 2.57. The van der Waals surface area contributed by atoms with Crippen LogP contribution in [0.2, 0.25) is 0 Å². The summed E-state index contributed by atoms with van der Waals surface area (Å²) in [5.74, 6) is 0.129. The summed E-state index contributed by atoms with van der Waals surface area (Å²) in [6, 6.07) is 3.62. The van der Waals surface area contributed by atoms with E-state index in [1.807, 2.05) is 13.0 Å². The molecule has 0 aromatic heterocycles. The number of fused-ring (bicyclic) bond motifs is 1. The molecule has 5 heteroatoms. The van der Waals surface area contributed by atoms with Crippen molar-refractivity contribution in [2.24, 2.45) is 0 Å². The van der Waals surface area contributed by atoms with Crippen molar-refractivity contribution >= 4 is 15.9 Å². The van der Waals surface area contributed by atoms with Crippen LogP contribution in [0.3, 0.4) is 0 Å². The van der Waals surface area contributed by atoms with Gasteiger partial charge in [-0.2, -0.15) is 8.42 Å². The lowest BCUT2D eigenvalue weighted by Crippen LogP contribution is -2.04. The van der Waals surface area contributed by atoms with E-state index in [9.17, 15) is 13.2 Å². The summed E-state index contributed by atoms with van der Waals surface area (Å²) in [6.07, 6.45) is 2.35. The van der Waals surface area contributed by atoms with E-state index in [1.165, 1.54) is 0 Å². The molecule has 1 aromatic carbocycles. The zero-order valence-electron chi connectivity index (χ0n) is 9.82. The lowest BCUT2D eigenvalue weighted by molar-refractivity contribution is 0.0994. The van der Waals surface area contributed by atoms with Crippen LogP contribution < -0.4 is 0 Å². The van der Waals surface area contributed by atoms with E-state index in [1.54, 1.807) is 6.07 Å². The molecule has 1 aliphatic rings. The van der Waals surface area contributed by atoms with Crippen molar-refractivity contribution in [2.45, 2.75) is 26.4 Å². The average molecular weight is 254 g/mol. The van der Waals surface area contributed by atoms with Gasteiger partial charge in [0.15, 0.2) is 5.78 Å². The van der Waals surface area contributed by atoms with Crippen molar-refractivity contribution in [3.63, 3.8) is 0 Å². The summed E-state index contributed by atoms with van der Waals surface area (Å²) in [4.78, 5) is 11.6. The Labute approximate surface area is 101 Å². The highest BCUT2D eigenvalue weighted by molar-refractivity contribution is 7.85. The van der Waals surface area contributed by atoms with Gasteiger partial charge in [-0.15, -0.1) is 0 Å². The van der Waals surface area contributed by atoms with E-state index in [2.05, 4.69) is 0 Å². The molecule has 1 aliphatic carbocycles. The zero-order valence-corrected chi connectivity index (χ0v) is 10.6. The molecular weight excluding hydrogens is 240 g/mol. The molecule has 0 spiro atoms. The third kappa shape index (κ3) is 2.73. The Balaban J connectivity index is 2.29. The van der Waals surface area contributed by atoms with E-state index in [-0.39, 0.29) is 12.4 Å². The lowest BCUT2D eigenvalue weighted by atomic mass is 10.0. The lowest BCUT2D eigenvalue weighted by Gasteiger charge is -2.07. The molecule has 0 aliphatic heterocycles. The minimum Gasteiger partial charge on any atom is -0.294 e. The van der Waals surface area contributed by atoms with Crippen molar-refractivity contribution < 1.29 is 17.4 Å². The molecule has 17 heavy (non-hydrogen) atoms. The molecule has 0 saturated heterocycles. The Morgan fingerprint density at radius 3 is 2.65 bits per heavy atom. The van der Waals surface area contributed by atoms with Crippen LogP contribution in [-0.2, 0) is 27.3 Å². The number of rotatable bonds is 3. The Bertz CT molecular complexity index is 572. The summed E-state index contributed by atoms with van der Waals surface area (Å²) in [7, 11) is -3.45. The SMILES string of the molecule is Cc1cc(COS(C)(=O)=O)cc2c1CCC2=O. The Morgan fingerprint density at radius 2 is 2.00 bits per heavy atom. The van der Waals surface area contributed by atoms with Crippen molar-refractivity contribution in [3.8, 4) is 0 Å². The van der Waals surface area contributed by atoms with E-state index in [0.717, 1.165) is 34.9 Å². The summed E-state index contributed by atoms with van der Waals surface area (Å²) < 4.78 is 26.5. The monoisotopic (exact) mass is 254 g/mol. The fourth-order valence-electron chi connectivity index (χ4n) is 2.10. The number of carbonyl (C=O) groups is 1. The maximum absolute atomic E-state index is 11.6. The topological polar surface area (TPSA) is 60.4 Å². The minimum atomic E-state index is -3.45. The number of Topliss-reactive ketones (excluding diaryl/α,β-unsaturated/α-hetero) is 1. The summed E-state index contributed by atoms with van der Waals surface area (Å²) in [5, 5.41) is 0. The third-order valence-electron chi connectivity index (χ3n) is 2.87. The predicted octanol–water partition coefficient (Wildman–Crippen LogP) is 1.60. The second-order valence-electron chi connectivity index (χ2n) is 4.33. The molecule has 0 heterocycles. The second kappa shape index (κ2) is 4.23. The fourth-order valence-corrected chi connectivity index (χ4v) is 2.45. The largest absolute Gasteiger partial charge is 0.294 e. The molecule has 0 unspecified atom stereocenters. The van der Waals surface area contributed by atoms with Gasteiger partial charge in [-0.1, -0.05) is 6.07 Å². The Morgan fingerprint density at radius 1 is 1.29 bits per heavy atom. The smallest absolute Gasteiger partial charge is 0.264 e. The van der Waals surface area contributed by atoms with Crippen molar-refractivity contribution in [1.82, 2.24) is 0 Å². The number of benzene rings is 1. The molecule has 0 N–H and O–H groups in total. The molecule has 0 radical (unpaired) electrons. The molecule has 4 nitrogen and oxygen atoms in total. The highest BCUT2D eigenvalue weighted by Gasteiger charge is 2.21. The van der Waals surface area contributed by atoms with Crippen molar-refractivity contribution in [1.29, 1.82) is 0 Å². The van der Waals surface area contributed by atoms with Crippen molar-refractivity contribution in [2.75, 3.05) is 6.26 Å². The molecule has 0 atom stereocenters. The van der Waals surface area contributed by atoms with Crippen LogP contribution in [0.25, 0.3) is 0 Å². The number of carbonyl (C=O) groups excluding carboxylic acids is 1. The number of aryl methyl sites for hydroxylation is 1. The quantitative estimate of drug-likeness (QED) is 0.769. The normalized spacial score (nSPS) is 15.1. The Hall–Kier alpha value is -1.20. The van der Waals surface area contributed by atoms with Gasteiger partial charge in [0.25, 0.3) is 10.1 Å². The van der Waals surface area contributed by atoms with Gasteiger partial charge in [-0.05, 0) is 36.1 Å². The first-order valence-electron chi connectivity index (χ1n) is 5.37. The van der Waals surface area contributed by atoms with Crippen LogP contribution in [0.15, 0.2) is 12.1 Å². The van der Waals surface area contributed by atoms with Gasteiger partial charge < -0.3 is 0 Å². The van der Waals surface area contributed by atoms with Crippen LogP contribution in [-0.4, -0.2) is 20.5 Å². The van der Waals surface area contributed by atoms with Crippen LogP contribution in [0.5, 0.6) is 0 Å². The molecule has 0 saturated carbocycles. The van der Waals surface area contributed by atoms with Gasteiger partial charge in [0, 0.05) is 12.0 Å². The van der Waals surface area contributed by atoms with Crippen LogP contribution in [0.4, 0.5) is 0 Å². The molecular formula is C12H14O4S. The van der Waals surface area contributed by atoms with Gasteiger partial charge in [-0.25, -0.2) is 0 Å². The first kappa shape index (κ1) is 12.3. The summed E-state index contributed by atoms with van der Waals surface area (Å²) in [5.41, 5.74) is 3.55. The maximum atomic E-state index is 11.6. The Kier molecular flexibility index (Phi) is 3.05.